The van der Waals surface area contributed by atoms with Crippen LogP contribution >= 0.6 is 0 Å². The second kappa shape index (κ2) is 7.58. The highest BCUT2D eigenvalue weighted by molar-refractivity contribution is 5.49. The van der Waals surface area contributed by atoms with Crippen molar-refractivity contribution >= 4 is 5.69 Å². The van der Waals surface area contributed by atoms with Gasteiger partial charge in [-0.15, -0.1) is 0 Å². The molecule has 1 aromatic carbocycles. The molecule has 1 N–H and O–H groups in total. The molecule has 1 heterocycles. The van der Waals surface area contributed by atoms with Gasteiger partial charge in [0.2, 0.25) is 0 Å². The maximum Gasteiger partial charge on any atom is 0.419 e. The second-order valence-electron chi connectivity index (χ2n) is 6.01. The third-order valence-corrected chi connectivity index (χ3v) is 3.15. The zero-order valence-electron chi connectivity index (χ0n) is 14.2. The smallest absolute Gasteiger partial charge is 0.419 e. The molecular formula is C17H20F3N3O2. The molecule has 0 saturated carbocycles. The number of halogens is 3. The summed E-state index contributed by atoms with van der Waals surface area (Å²) in [6, 6.07) is 7.36. The molecule has 0 fully saturated rings. The highest BCUT2D eigenvalue weighted by Crippen LogP contribution is 2.28. The van der Waals surface area contributed by atoms with Gasteiger partial charge in [0.05, 0.1) is 17.7 Å². The van der Waals surface area contributed by atoms with Gasteiger partial charge in [0.15, 0.2) is 0 Å². The molecule has 0 amide bonds. The monoisotopic (exact) mass is 355 g/mol. The summed E-state index contributed by atoms with van der Waals surface area (Å²) in [5, 5.41) is 3.28. The van der Waals surface area contributed by atoms with Gasteiger partial charge in [-0.1, -0.05) is 6.07 Å². The van der Waals surface area contributed by atoms with Gasteiger partial charge in [0.25, 0.3) is 0 Å². The number of aromatic nitrogens is 2. The molecule has 0 bridgehead atoms. The fourth-order valence-electron chi connectivity index (χ4n) is 2.04. The van der Waals surface area contributed by atoms with Gasteiger partial charge in [0.1, 0.15) is 12.4 Å². The molecule has 2 aromatic rings. The van der Waals surface area contributed by atoms with Crippen molar-refractivity contribution in [3.63, 3.8) is 0 Å². The summed E-state index contributed by atoms with van der Waals surface area (Å²) in [4.78, 5) is 7.19. The van der Waals surface area contributed by atoms with Crippen LogP contribution in [0.3, 0.4) is 0 Å². The lowest BCUT2D eigenvalue weighted by molar-refractivity contribution is -0.138. The van der Waals surface area contributed by atoms with Crippen LogP contribution in [-0.4, -0.2) is 28.7 Å². The van der Waals surface area contributed by atoms with Gasteiger partial charge < -0.3 is 14.8 Å². The Kier molecular flexibility index (Phi) is 5.71. The topological polar surface area (TPSA) is 56.3 Å². The molecule has 25 heavy (non-hydrogen) atoms. The van der Waals surface area contributed by atoms with E-state index >= 15 is 0 Å². The molecule has 2 rings (SSSR count). The average molecular weight is 355 g/mol. The second-order valence-corrected chi connectivity index (χ2v) is 6.01. The summed E-state index contributed by atoms with van der Waals surface area (Å²) < 4.78 is 48.3. The van der Waals surface area contributed by atoms with E-state index in [1.165, 1.54) is 0 Å². The largest absolute Gasteiger partial charge is 0.494 e. The van der Waals surface area contributed by atoms with E-state index < -0.39 is 17.3 Å². The highest BCUT2D eigenvalue weighted by Gasteiger charge is 2.31. The lowest BCUT2D eigenvalue weighted by atomic mass is 10.1. The lowest BCUT2D eigenvalue weighted by Gasteiger charge is -2.27. The van der Waals surface area contributed by atoms with Crippen LogP contribution in [-0.2, 0) is 6.18 Å². The number of hydrogen-bond acceptors (Lipinski definition) is 5. The number of nitrogens with zero attached hydrogens (tertiary/aromatic N) is 2. The summed E-state index contributed by atoms with van der Waals surface area (Å²) in [7, 11) is 0. The van der Waals surface area contributed by atoms with E-state index in [9.17, 15) is 13.2 Å². The molecular weight excluding hydrogens is 335 g/mol. The van der Waals surface area contributed by atoms with Crippen molar-refractivity contribution in [3.8, 4) is 11.8 Å². The molecule has 1 aromatic heterocycles. The van der Waals surface area contributed by atoms with Crippen molar-refractivity contribution in [1.82, 2.24) is 9.97 Å². The van der Waals surface area contributed by atoms with E-state index in [4.69, 9.17) is 9.47 Å². The molecule has 0 spiro atoms. The van der Waals surface area contributed by atoms with E-state index in [0.29, 0.717) is 19.0 Å². The van der Waals surface area contributed by atoms with Crippen molar-refractivity contribution in [3.05, 3.63) is 42.2 Å². The number of benzene rings is 1. The zero-order chi connectivity index (χ0) is 18.5. The van der Waals surface area contributed by atoms with Crippen LogP contribution in [0.5, 0.6) is 11.8 Å². The molecule has 0 atom stereocenters. The molecule has 0 aliphatic carbocycles. The first kappa shape index (κ1) is 18.8. The third kappa shape index (κ3) is 5.81. The van der Waals surface area contributed by atoms with E-state index in [1.807, 2.05) is 45.0 Å². The zero-order valence-corrected chi connectivity index (χ0v) is 14.2. The van der Waals surface area contributed by atoms with Gasteiger partial charge in [-0.2, -0.15) is 13.2 Å². The minimum absolute atomic E-state index is 0.106. The van der Waals surface area contributed by atoms with E-state index in [2.05, 4.69) is 15.3 Å². The van der Waals surface area contributed by atoms with Crippen molar-refractivity contribution < 1.29 is 22.6 Å². The van der Waals surface area contributed by atoms with E-state index in [-0.39, 0.29) is 12.6 Å². The normalized spacial score (nSPS) is 11.9. The van der Waals surface area contributed by atoms with Crippen LogP contribution < -0.4 is 14.8 Å². The Morgan fingerprint density at radius 1 is 1.08 bits per heavy atom. The maximum atomic E-state index is 12.5. The first-order valence-corrected chi connectivity index (χ1v) is 7.73. The van der Waals surface area contributed by atoms with Gasteiger partial charge in [-0.3, -0.25) is 0 Å². The minimum atomic E-state index is -4.47. The fraction of sp³-hybridized carbons (Fsp3) is 0.412. The first-order chi connectivity index (χ1) is 11.7. The minimum Gasteiger partial charge on any atom is -0.494 e. The molecule has 5 nitrogen and oxygen atoms in total. The van der Waals surface area contributed by atoms with Crippen LogP contribution in [0.15, 0.2) is 36.7 Å². The summed E-state index contributed by atoms with van der Waals surface area (Å²) in [6.45, 7) is 6.43. The van der Waals surface area contributed by atoms with Crippen LogP contribution in [0.2, 0.25) is 0 Å². The quantitative estimate of drug-likeness (QED) is 0.808. The van der Waals surface area contributed by atoms with Gasteiger partial charge in [-0.05, 0) is 32.9 Å². The Balaban J connectivity index is 1.95. The van der Waals surface area contributed by atoms with Gasteiger partial charge >= 0.3 is 12.2 Å². The van der Waals surface area contributed by atoms with Crippen molar-refractivity contribution in [2.24, 2.45) is 0 Å². The molecule has 8 heteroatoms. The summed E-state index contributed by atoms with van der Waals surface area (Å²) in [6.07, 6.45) is -3.06. The molecule has 0 saturated heterocycles. The standard InChI is InChI=1S/C17H20F3N3O2/c1-4-24-14-7-5-6-13(8-14)23-16(2,3)11-25-15-21-9-12(10-22-15)17(18,19)20/h5-10,23H,4,11H2,1-3H3. The number of anilines is 1. The number of alkyl halides is 3. The Hall–Kier alpha value is -2.51. The number of nitrogens with one attached hydrogen (secondary N) is 1. The number of hydrogen-bond donors (Lipinski definition) is 1. The Bertz CT molecular complexity index is 688. The highest BCUT2D eigenvalue weighted by atomic mass is 19.4. The molecule has 0 aliphatic heterocycles. The van der Waals surface area contributed by atoms with E-state index in [0.717, 1.165) is 11.4 Å². The SMILES string of the molecule is CCOc1cccc(NC(C)(C)COc2ncc(C(F)(F)F)cn2)c1. The predicted molar refractivity (Wildman–Crippen MR) is 87.8 cm³/mol. The summed E-state index contributed by atoms with van der Waals surface area (Å²) >= 11 is 0. The Labute approximate surface area is 144 Å². The van der Waals surface area contributed by atoms with Crippen molar-refractivity contribution in [1.29, 1.82) is 0 Å². The maximum absolute atomic E-state index is 12.5. The predicted octanol–water partition coefficient (Wildman–Crippen LogP) is 4.16. The van der Waals surface area contributed by atoms with Crippen LogP contribution in [0.25, 0.3) is 0 Å². The average Bonchev–Trinajstić information content (AvgIpc) is 2.53. The van der Waals surface area contributed by atoms with Crippen molar-refractivity contribution in [2.45, 2.75) is 32.5 Å². The van der Waals surface area contributed by atoms with Crippen LogP contribution in [0, 0.1) is 0 Å². The Morgan fingerprint density at radius 2 is 1.76 bits per heavy atom. The Morgan fingerprint density at radius 3 is 2.36 bits per heavy atom. The van der Waals surface area contributed by atoms with Crippen LogP contribution in [0.4, 0.5) is 18.9 Å². The number of ether oxygens (including phenoxy) is 2. The van der Waals surface area contributed by atoms with Gasteiger partial charge in [-0.25, -0.2) is 9.97 Å². The third-order valence-electron chi connectivity index (χ3n) is 3.15. The molecule has 0 radical (unpaired) electrons. The molecule has 0 aliphatic rings. The molecule has 0 unspecified atom stereocenters. The molecule has 136 valence electrons. The number of rotatable bonds is 7. The lowest BCUT2D eigenvalue weighted by Crippen LogP contribution is -2.37. The fourth-order valence-corrected chi connectivity index (χ4v) is 2.04. The van der Waals surface area contributed by atoms with Gasteiger partial charge in [0, 0.05) is 24.1 Å². The van der Waals surface area contributed by atoms with Crippen LogP contribution in [0.1, 0.15) is 26.3 Å². The van der Waals surface area contributed by atoms with Crippen molar-refractivity contribution in [2.75, 3.05) is 18.5 Å². The van der Waals surface area contributed by atoms with E-state index in [1.54, 1.807) is 0 Å². The summed E-state index contributed by atoms with van der Waals surface area (Å²) in [5.74, 6) is 0.746. The summed E-state index contributed by atoms with van der Waals surface area (Å²) in [5.41, 5.74) is -0.575. The first-order valence-electron chi connectivity index (χ1n) is 7.73.